The molecule has 2 N–H and O–H groups in total. The van der Waals surface area contributed by atoms with E-state index in [0.29, 0.717) is 0 Å². The fraction of sp³-hybridized carbons (Fsp3) is 0.471. The van der Waals surface area contributed by atoms with Crippen molar-refractivity contribution in [3.63, 3.8) is 0 Å². The lowest BCUT2D eigenvalue weighted by molar-refractivity contribution is 0.0342. The van der Waals surface area contributed by atoms with E-state index in [1.165, 1.54) is 22.5 Å². The topological polar surface area (TPSA) is 53.2 Å². The molecule has 5 nitrogen and oxygen atoms in total. The van der Waals surface area contributed by atoms with E-state index in [4.69, 9.17) is 9.72 Å². The van der Waals surface area contributed by atoms with Gasteiger partial charge in [0.1, 0.15) is 5.82 Å². The second-order valence-corrected chi connectivity index (χ2v) is 6.03. The van der Waals surface area contributed by atoms with Crippen molar-refractivity contribution >= 4 is 24.8 Å². The number of fused-ring (bicyclic) bond motifs is 1. The van der Waals surface area contributed by atoms with Gasteiger partial charge in [-0.1, -0.05) is 18.2 Å². The number of imidazole rings is 1. The molecule has 1 fully saturated rings. The van der Waals surface area contributed by atoms with E-state index in [1.54, 1.807) is 0 Å². The minimum Gasteiger partial charge on any atom is -0.379 e. The average Bonchev–Trinajstić information content (AvgIpc) is 3.00. The van der Waals surface area contributed by atoms with E-state index >= 15 is 0 Å². The normalized spacial score (nSPS) is 17.5. The highest BCUT2D eigenvalue weighted by atomic mass is 35.5. The Bertz CT molecular complexity index is 632. The molecule has 1 aromatic carbocycles. The molecule has 2 aliphatic heterocycles. The zero-order chi connectivity index (χ0) is 14.8. The van der Waals surface area contributed by atoms with Crippen molar-refractivity contribution in [2.75, 3.05) is 32.8 Å². The summed E-state index contributed by atoms with van der Waals surface area (Å²) in [5.74, 6) is 0.998. The summed E-state index contributed by atoms with van der Waals surface area (Å²) >= 11 is 0. The molecule has 132 valence electrons. The lowest BCUT2D eigenvalue weighted by atomic mass is 10.1. The molecule has 0 bridgehead atoms. The Morgan fingerprint density at radius 2 is 2.00 bits per heavy atom. The van der Waals surface area contributed by atoms with Gasteiger partial charge in [0.05, 0.1) is 24.6 Å². The Kier molecular flexibility index (Phi) is 7.07. The maximum Gasteiger partial charge on any atom is 0.137 e. The van der Waals surface area contributed by atoms with Crippen LogP contribution in [0.5, 0.6) is 0 Å². The van der Waals surface area contributed by atoms with Crippen LogP contribution in [-0.4, -0.2) is 47.7 Å². The number of nitrogens with one attached hydrogen (secondary N) is 2. The Balaban J connectivity index is 0.00000104. The van der Waals surface area contributed by atoms with Gasteiger partial charge in [-0.15, -0.1) is 24.8 Å². The Labute approximate surface area is 155 Å². The number of ether oxygens (including phenoxy) is 1. The third-order valence-corrected chi connectivity index (χ3v) is 4.42. The van der Waals surface area contributed by atoms with Crippen molar-refractivity contribution < 1.29 is 4.74 Å². The van der Waals surface area contributed by atoms with Gasteiger partial charge in [-0.25, -0.2) is 4.98 Å². The van der Waals surface area contributed by atoms with Gasteiger partial charge in [0.2, 0.25) is 0 Å². The first-order chi connectivity index (χ1) is 10.9. The van der Waals surface area contributed by atoms with Gasteiger partial charge in [-0.05, 0) is 11.6 Å². The zero-order valence-corrected chi connectivity index (χ0v) is 15.2. The number of benzene rings is 1. The number of H-pyrrole nitrogens is 1. The van der Waals surface area contributed by atoms with Crippen LogP contribution in [0.4, 0.5) is 0 Å². The number of rotatable bonds is 3. The lowest BCUT2D eigenvalue weighted by Crippen LogP contribution is -2.35. The van der Waals surface area contributed by atoms with E-state index in [1.807, 2.05) is 0 Å². The number of nitrogens with zero attached hydrogens (tertiary/aromatic N) is 2. The molecular weight excluding hydrogens is 347 g/mol. The van der Waals surface area contributed by atoms with Crippen molar-refractivity contribution in [3.05, 3.63) is 41.2 Å². The van der Waals surface area contributed by atoms with E-state index < -0.39 is 0 Å². The van der Waals surface area contributed by atoms with Crippen molar-refractivity contribution in [1.29, 1.82) is 0 Å². The van der Waals surface area contributed by atoms with Crippen LogP contribution < -0.4 is 5.32 Å². The van der Waals surface area contributed by atoms with Crippen LogP contribution >= 0.6 is 24.8 Å². The molecule has 0 saturated carbocycles. The predicted octanol–water partition coefficient (Wildman–Crippen LogP) is 2.40. The Morgan fingerprint density at radius 1 is 1.17 bits per heavy atom. The Hall–Kier alpha value is -1.11. The van der Waals surface area contributed by atoms with Crippen molar-refractivity contribution in [1.82, 2.24) is 20.2 Å². The molecule has 3 heterocycles. The molecule has 1 saturated heterocycles. The fourth-order valence-electron chi connectivity index (χ4n) is 3.19. The summed E-state index contributed by atoms with van der Waals surface area (Å²) in [6.45, 7) is 6.63. The molecule has 4 rings (SSSR count). The minimum atomic E-state index is 0. The molecule has 2 aromatic rings. The third kappa shape index (κ3) is 4.29. The van der Waals surface area contributed by atoms with Gasteiger partial charge >= 0.3 is 0 Å². The van der Waals surface area contributed by atoms with Gasteiger partial charge < -0.3 is 15.0 Å². The van der Waals surface area contributed by atoms with Gasteiger partial charge in [0, 0.05) is 44.7 Å². The highest BCUT2D eigenvalue weighted by Crippen LogP contribution is 2.22. The van der Waals surface area contributed by atoms with Crippen molar-refractivity contribution in [2.45, 2.75) is 19.5 Å². The predicted molar refractivity (Wildman–Crippen MR) is 100 cm³/mol. The maximum atomic E-state index is 5.41. The quantitative estimate of drug-likeness (QED) is 0.870. The van der Waals surface area contributed by atoms with Gasteiger partial charge in [0.15, 0.2) is 0 Å². The highest BCUT2D eigenvalue weighted by molar-refractivity contribution is 5.85. The van der Waals surface area contributed by atoms with E-state index in [-0.39, 0.29) is 24.8 Å². The first-order valence-corrected chi connectivity index (χ1v) is 8.06. The summed E-state index contributed by atoms with van der Waals surface area (Å²) in [6, 6.07) is 8.72. The summed E-state index contributed by atoms with van der Waals surface area (Å²) in [5.41, 5.74) is 4.97. The van der Waals surface area contributed by atoms with Crippen molar-refractivity contribution in [2.24, 2.45) is 0 Å². The number of morpholine rings is 1. The van der Waals surface area contributed by atoms with Crippen molar-refractivity contribution in [3.8, 4) is 11.4 Å². The standard InChI is InChI=1S/C17H22N4O.2ClH/c1-2-13(12-21-6-8-22-9-7-21)10-14(3-1)17-19-15-4-5-18-11-16(15)20-17;;/h1-3,10,18H,4-9,11-12H2,(H,19,20);2*1H. The van der Waals surface area contributed by atoms with E-state index in [9.17, 15) is 0 Å². The second-order valence-electron chi connectivity index (χ2n) is 6.03. The Morgan fingerprint density at radius 3 is 2.79 bits per heavy atom. The summed E-state index contributed by atoms with van der Waals surface area (Å²) < 4.78 is 5.41. The third-order valence-electron chi connectivity index (χ3n) is 4.42. The first kappa shape index (κ1) is 19.2. The minimum absolute atomic E-state index is 0. The van der Waals surface area contributed by atoms with Gasteiger partial charge in [0.25, 0.3) is 0 Å². The number of halogens is 2. The van der Waals surface area contributed by atoms with Crippen LogP contribution in [0.25, 0.3) is 11.4 Å². The number of hydrogen-bond acceptors (Lipinski definition) is 4. The van der Waals surface area contributed by atoms with E-state index in [0.717, 1.165) is 58.2 Å². The highest BCUT2D eigenvalue weighted by Gasteiger charge is 2.15. The summed E-state index contributed by atoms with van der Waals surface area (Å²) in [7, 11) is 0. The SMILES string of the molecule is Cl.Cl.c1cc(CN2CCOCC2)cc(-c2nc3c([nH]2)CNCC3)c1. The van der Waals surface area contributed by atoms with Crippen LogP contribution in [0.3, 0.4) is 0 Å². The molecule has 0 amide bonds. The summed E-state index contributed by atoms with van der Waals surface area (Å²) in [6.07, 6.45) is 1.01. The molecule has 0 radical (unpaired) electrons. The molecule has 0 spiro atoms. The van der Waals surface area contributed by atoms with Crippen LogP contribution in [0.15, 0.2) is 24.3 Å². The second kappa shape index (κ2) is 8.83. The monoisotopic (exact) mass is 370 g/mol. The molecule has 0 aliphatic carbocycles. The average molecular weight is 371 g/mol. The molecule has 1 aromatic heterocycles. The van der Waals surface area contributed by atoms with Crippen LogP contribution in [0.1, 0.15) is 17.0 Å². The maximum absolute atomic E-state index is 5.41. The van der Waals surface area contributed by atoms with Crippen LogP contribution in [-0.2, 0) is 24.2 Å². The molecular formula is C17H24Cl2N4O. The van der Waals surface area contributed by atoms with Gasteiger partial charge in [-0.3, -0.25) is 4.90 Å². The summed E-state index contributed by atoms with van der Waals surface area (Å²) in [4.78, 5) is 10.7. The molecule has 0 unspecified atom stereocenters. The van der Waals surface area contributed by atoms with E-state index in [2.05, 4.69) is 39.5 Å². The molecule has 0 atom stereocenters. The van der Waals surface area contributed by atoms with Gasteiger partial charge in [-0.2, -0.15) is 0 Å². The molecule has 24 heavy (non-hydrogen) atoms. The first-order valence-electron chi connectivity index (χ1n) is 8.06. The molecule has 7 heteroatoms. The lowest BCUT2D eigenvalue weighted by Gasteiger charge is -2.26. The number of aromatic amines is 1. The fourth-order valence-corrected chi connectivity index (χ4v) is 3.19. The van der Waals surface area contributed by atoms with Crippen LogP contribution in [0.2, 0.25) is 0 Å². The number of hydrogen-bond donors (Lipinski definition) is 2. The molecule has 2 aliphatic rings. The largest absolute Gasteiger partial charge is 0.379 e. The summed E-state index contributed by atoms with van der Waals surface area (Å²) in [5, 5.41) is 3.38. The smallest absolute Gasteiger partial charge is 0.137 e. The van der Waals surface area contributed by atoms with Crippen LogP contribution in [0, 0.1) is 0 Å². The zero-order valence-electron chi connectivity index (χ0n) is 13.6. The number of aromatic nitrogens is 2.